The Morgan fingerprint density at radius 3 is 2.30 bits per heavy atom. The van der Waals surface area contributed by atoms with E-state index in [-0.39, 0.29) is 23.6 Å². The van der Waals surface area contributed by atoms with E-state index in [1.165, 1.54) is 23.0 Å². The Morgan fingerprint density at radius 2 is 1.46 bits per heavy atom. The fraction of sp³-hybridized carbons (Fsp3) is 0.344. The van der Waals surface area contributed by atoms with Gasteiger partial charge in [-0.05, 0) is 97.8 Å². The van der Waals surface area contributed by atoms with Crippen LogP contribution < -0.4 is 16.0 Å². The number of nitrogens with zero attached hydrogens (tertiary/aromatic N) is 9. The largest absolute Gasteiger partial charge is 0.379 e. The third-order valence-electron chi connectivity index (χ3n) is 14.7. The number of carbonyl (C=O) groups is 2. The molecule has 426 valence electrons. The van der Waals surface area contributed by atoms with Crippen LogP contribution in [0.25, 0.3) is 49.5 Å². The molecule has 11 rings (SSSR count). The highest BCUT2D eigenvalue weighted by Gasteiger charge is 2.24. The molecule has 1 fully saturated rings. The van der Waals surface area contributed by atoms with Crippen molar-refractivity contribution >= 4 is 61.6 Å². The highest BCUT2D eigenvalue weighted by atomic mass is 32.1. The Morgan fingerprint density at radius 1 is 0.699 bits per heavy atom. The number of unbranched alkanes of at least 4 members (excludes halogenated alkanes) is 2. The van der Waals surface area contributed by atoms with E-state index in [9.17, 15) is 9.59 Å². The SMILES string of the molecule is O=C(CCN1CCN(Cc2csc3nc(-c4ccccc4NC(=O)c4cnc5ccccc5n4)cn23)CC1)NCCCCCOCCOCCOCCOCC#Cc1ccc2c(c1)CC(Nc1nc(-c3cccnc3)nc3ccccc13)C2. The smallest absolute Gasteiger partial charge is 0.275 e. The van der Waals surface area contributed by atoms with Crippen molar-refractivity contribution in [1.82, 2.24) is 49.4 Å². The molecular formula is C64H68N12O6S. The third kappa shape index (κ3) is 15.5. The van der Waals surface area contributed by atoms with Crippen molar-refractivity contribution in [2.24, 2.45) is 0 Å². The summed E-state index contributed by atoms with van der Waals surface area (Å²) in [5, 5.41) is 13.0. The van der Waals surface area contributed by atoms with Gasteiger partial charge in [-0.1, -0.05) is 60.4 Å². The number of pyridine rings is 1. The summed E-state index contributed by atoms with van der Waals surface area (Å²) in [4.78, 5) is 59.5. The Balaban J connectivity index is 0.483. The van der Waals surface area contributed by atoms with Gasteiger partial charge in [0.15, 0.2) is 10.8 Å². The number of nitrogens with one attached hydrogen (secondary N) is 3. The monoisotopic (exact) mass is 1130 g/mol. The Kier molecular flexibility index (Phi) is 19.7. The van der Waals surface area contributed by atoms with E-state index in [0.29, 0.717) is 82.8 Å². The molecule has 1 saturated heterocycles. The molecule has 9 aromatic rings. The Labute approximate surface area is 487 Å². The van der Waals surface area contributed by atoms with E-state index >= 15 is 0 Å². The number of imidazole rings is 1. The van der Waals surface area contributed by atoms with E-state index in [1.807, 2.05) is 85.1 Å². The minimum Gasteiger partial charge on any atom is -0.379 e. The second kappa shape index (κ2) is 28.8. The molecule has 1 atom stereocenters. The van der Waals surface area contributed by atoms with Crippen LogP contribution in [0.15, 0.2) is 133 Å². The number of aromatic nitrogens is 7. The molecule has 0 radical (unpaired) electrons. The van der Waals surface area contributed by atoms with Gasteiger partial charge in [-0.2, -0.15) is 0 Å². The van der Waals surface area contributed by atoms with Gasteiger partial charge < -0.3 is 39.8 Å². The second-order valence-electron chi connectivity index (χ2n) is 20.6. The van der Waals surface area contributed by atoms with Crippen molar-refractivity contribution in [2.45, 2.75) is 51.1 Å². The topological polar surface area (TPSA) is 195 Å². The summed E-state index contributed by atoms with van der Waals surface area (Å²) in [6, 6.07) is 33.8. The fourth-order valence-corrected chi connectivity index (χ4v) is 11.2. The number of carbonyl (C=O) groups excluding carboxylic acids is 2. The van der Waals surface area contributed by atoms with Crippen LogP contribution in [-0.4, -0.2) is 154 Å². The van der Waals surface area contributed by atoms with Gasteiger partial charge in [0.2, 0.25) is 5.91 Å². The number of hydrogen-bond acceptors (Lipinski definition) is 16. The molecular weight excluding hydrogens is 1060 g/mol. The maximum atomic E-state index is 13.3. The minimum absolute atomic E-state index is 0.101. The maximum Gasteiger partial charge on any atom is 0.275 e. The number of para-hydroxylation sites is 4. The lowest BCUT2D eigenvalue weighted by atomic mass is 10.1. The molecule has 4 aromatic carbocycles. The van der Waals surface area contributed by atoms with Crippen molar-refractivity contribution < 1.29 is 28.5 Å². The molecule has 18 nitrogen and oxygen atoms in total. The van der Waals surface area contributed by atoms with Gasteiger partial charge in [-0.25, -0.2) is 19.9 Å². The molecule has 1 aliphatic heterocycles. The zero-order valence-electron chi connectivity index (χ0n) is 46.5. The van der Waals surface area contributed by atoms with E-state index in [4.69, 9.17) is 33.9 Å². The summed E-state index contributed by atoms with van der Waals surface area (Å²) in [7, 11) is 0. The molecule has 2 amide bonds. The molecule has 0 bridgehead atoms. The van der Waals surface area contributed by atoms with Crippen LogP contribution in [0.4, 0.5) is 11.5 Å². The average Bonchev–Trinajstić information content (AvgIpc) is 3.98. The number of piperazine rings is 1. The van der Waals surface area contributed by atoms with E-state index in [1.54, 1.807) is 23.7 Å². The van der Waals surface area contributed by atoms with Crippen LogP contribution in [0.5, 0.6) is 0 Å². The lowest BCUT2D eigenvalue weighted by Gasteiger charge is -2.34. The second-order valence-corrected chi connectivity index (χ2v) is 21.4. The summed E-state index contributed by atoms with van der Waals surface area (Å²) in [5.74, 6) is 7.66. The summed E-state index contributed by atoms with van der Waals surface area (Å²) in [6.07, 6.45) is 12.2. The van der Waals surface area contributed by atoms with Gasteiger partial charge >= 0.3 is 0 Å². The number of benzene rings is 4. The Hall–Kier alpha value is -8.06. The first-order chi connectivity index (χ1) is 41.0. The molecule has 2 aliphatic rings. The molecule has 0 spiro atoms. The molecule has 19 heteroatoms. The van der Waals surface area contributed by atoms with E-state index in [2.05, 4.69) is 86.6 Å². The van der Waals surface area contributed by atoms with E-state index in [0.717, 1.165) is 121 Å². The van der Waals surface area contributed by atoms with Crippen molar-refractivity contribution in [3.63, 3.8) is 0 Å². The number of rotatable bonds is 27. The van der Waals surface area contributed by atoms with Crippen LogP contribution in [0.2, 0.25) is 0 Å². The van der Waals surface area contributed by atoms with Crippen molar-refractivity contribution in [3.05, 3.63) is 161 Å². The Bertz CT molecular complexity index is 3690. The first kappa shape index (κ1) is 56.8. The first-order valence-electron chi connectivity index (χ1n) is 28.6. The fourth-order valence-electron chi connectivity index (χ4n) is 10.3. The highest BCUT2D eigenvalue weighted by Crippen LogP contribution is 2.32. The number of fused-ring (bicyclic) bond motifs is 4. The number of hydrogen-bond donors (Lipinski definition) is 3. The zero-order chi connectivity index (χ0) is 56.4. The van der Waals surface area contributed by atoms with Gasteiger partial charge in [-0.15, -0.1) is 11.3 Å². The van der Waals surface area contributed by atoms with Crippen LogP contribution in [0.1, 0.15) is 58.6 Å². The third-order valence-corrected chi connectivity index (χ3v) is 15.6. The average molecular weight is 1130 g/mol. The number of ether oxygens (including phenoxy) is 4. The molecule has 3 N–H and O–H groups in total. The summed E-state index contributed by atoms with van der Waals surface area (Å²) >= 11 is 1.61. The summed E-state index contributed by atoms with van der Waals surface area (Å²) in [6.45, 7) is 9.89. The van der Waals surface area contributed by atoms with Crippen LogP contribution in [0.3, 0.4) is 0 Å². The molecule has 1 unspecified atom stereocenters. The van der Waals surface area contributed by atoms with Crippen LogP contribution >= 0.6 is 11.3 Å². The minimum atomic E-state index is -0.329. The van der Waals surface area contributed by atoms with Crippen LogP contribution in [0, 0.1) is 11.8 Å². The van der Waals surface area contributed by atoms with E-state index < -0.39 is 0 Å². The van der Waals surface area contributed by atoms with Gasteiger partial charge in [-0.3, -0.25) is 28.9 Å². The first-order valence-corrected chi connectivity index (χ1v) is 29.5. The lowest BCUT2D eigenvalue weighted by Crippen LogP contribution is -2.46. The molecule has 6 heterocycles. The predicted octanol–water partition coefficient (Wildman–Crippen LogP) is 8.76. The van der Waals surface area contributed by atoms with Crippen LogP contribution in [-0.2, 0) is 43.1 Å². The summed E-state index contributed by atoms with van der Waals surface area (Å²) < 4.78 is 24.9. The molecule has 83 heavy (non-hydrogen) atoms. The van der Waals surface area contributed by atoms with Gasteiger partial charge in [0.05, 0.1) is 73.8 Å². The molecule has 1 aliphatic carbocycles. The van der Waals surface area contributed by atoms with Crippen molar-refractivity contribution in [2.75, 3.05) is 103 Å². The standard InChI is InChI=1S/C64H68N12O6S/c77-60(22-25-74-26-28-75(29-27-74)43-51-45-83-64-72-59(44-76(51)64)52-14-2-4-16-54(52)71-63(78)58-42-67-56-18-6-7-19-57(56)69-58)66-24-8-1-9-30-79-32-34-81-36-37-82-35-33-80-31-11-12-46-20-21-47-39-50(40-49(47)38-46)68-62-53-15-3-5-17-55(53)70-61(73-62)48-13-10-23-65-41-48/h2-7,10,13-21,23,38,41-42,44-45,50H,1,8-9,22,24-37,39-40,43H2,(H,66,77)(H,71,78)(H,68,70,73). The van der Waals surface area contributed by atoms with Gasteiger partial charge in [0, 0.05) is 117 Å². The lowest BCUT2D eigenvalue weighted by molar-refractivity contribution is -0.121. The quantitative estimate of drug-likeness (QED) is 0.0326. The zero-order valence-corrected chi connectivity index (χ0v) is 47.3. The van der Waals surface area contributed by atoms with Gasteiger partial charge in [0.25, 0.3) is 5.91 Å². The van der Waals surface area contributed by atoms with Gasteiger partial charge in [0.1, 0.15) is 18.1 Å². The summed E-state index contributed by atoms with van der Waals surface area (Å²) in [5.41, 5.74) is 10.5. The number of thiazole rings is 1. The number of amides is 2. The number of anilines is 2. The maximum absolute atomic E-state index is 13.3. The highest BCUT2D eigenvalue weighted by molar-refractivity contribution is 7.15. The molecule has 5 aromatic heterocycles. The van der Waals surface area contributed by atoms with Crippen molar-refractivity contribution in [1.29, 1.82) is 0 Å². The normalized spacial score (nSPS) is 14.4. The predicted molar refractivity (Wildman–Crippen MR) is 323 cm³/mol. The molecule has 0 saturated carbocycles. The van der Waals surface area contributed by atoms with Crippen molar-refractivity contribution in [3.8, 4) is 34.5 Å².